The van der Waals surface area contributed by atoms with E-state index in [0.717, 1.165) is 17.2 Å². The number of benzene rings is 1. The van der Waals surface area contributed by atoms with E-state index in [0.29, 0.717) is 0 Å². The van der Waals surface area contributed by atoms with Crippen molar-refractivity contribution in [1.82, 2.24) is 0 Å². The minimum absolute atomic E-state index is 0. The van der Waals surface area contributed by atoms with Gasteiger partial charge in [-0.25, -0.2) is 13.1 Å². The zero-order valence-electron chi connectivity index (χ0n) is 24.6. The fourth-order valence-corrected chi connectivity index (χ4v) is 67.9. The van der Waals surface area contributed by atoms with Gasteiger partial charge in [0.05, 0.1) is 0 Å². The Kier molecular flexibility index (Phi) is 10.2. The maximum absolute atomic E-state index is 2.76. The summed E-state index contributed by atoms with van der Waals surface area (Å²) in [6, 6.07) is 4.95. The zero-order valence-corrected chi connectivity index (χ0v) is 33.7. The van der Waals surface area contributed by atoms with Crippen LogP contribution < -0.4 is 56.6 Å². The van der Waals surface area contributed by atoms with Crippen molar-refractivity contribution in [3.8, 4) is 0 Å². The molecular weight excluding hydrogens is 508 g/mol. The van der Waals surface area contributed by atoms with E-state index >= 15 is 0 Å². The normalized spacial score (nSPS) is 19.0. The third-order valence-electron chi connectivity index (χ3n) is 8.78. The van der Waals surface area contributed by atoms with Crippen LogP contribution in [0.4, 0.5) is 0 Å². The van der Waals surface area contributed by atoms with Gasteiger partial charge in [-0.05, 0) is 20.8 Å². The first-order valence-corrected chi connectivity index (χ1v) is 29.9. The van der Waals surface area contributed by atoms with E-state index in [4.69, 9.17) is 0 Å². The number of aryl methyl sites for hydroxylation is 3. The molecule has 0 radical (unpaired) electrons. The van der Waals surface area contributed by atoms with Gasteiger partial charge >= 0.3 is 51.4 Å². The molecule has 1 aliphatic rings. The van der Waals surface area contributed by atoms with Crippen LogP contribution in [0.1, 0.15) is 29.5 Å². The van der Waals surface area contributed by atoms with Crippen LogP contribution in [0.2, 0.25) is 87.1 Å². The van der Waals surface area contributed by atoms with Gasteiger partial charge in [0.2, 0.25) is 0 Å². The molecular formula is C25H51KSi6. The maximum atomic E-state index is 2.76. The van der Waals surface area contributed by atoms with Crippen LogP contribution in [0.25, 0.3) is 0 Å². The topological polar surface area (TPSA) is 0 Å². The van der Waals surface area contributed by atoms with Gasteiger partial charge < -0.3 is 8.61 Å². The van der Waals surface area contributed by atoms with E-state index < -0.39 is 40.2 Å². The predicted molar refractivity (Wildman–Crippen MR) is 160 cm³/mol. The van der Waals surface area contributed by atoms with Crippen molar-refractivity contribution in [3.63, 3.8) is 0 Å². The van der Waals surface area contributed by atoms with Crippen LogP contribution >= 0.6 is 0 Å². The van der Waals surface area contributed by atoms with Crippen LogP contribution in [0.3, 0.4) is 0 Å². The summed E-state index contributed by atoms with van der Waals surface area (Å²) in [6.07, 6.45) is 3.14. The van der Waals surface area contributed by atoms with Gasteiger partial charge in [0.25, 0.3) is 0 Å². The van der Waals surface area contributed by atoms with Gasteiger partial charge in [-0.3, -0.25) is 0 Å². The Bertz CT molecular complexity index is 783. The molecule has 7 heteroatoms. The summed E-state index contributed by atoms with van der Waals surface area (Å²) in [4.78, 5) is 0. The molecule has 0 nitrogen and oxygen atoms in total. The summed E-state index contributed by atoms with van der Waals surface area (Å²) in [5.74, 6) is 0. The van der Waals surface area contributed by atoms with Crippen molar-refractivity contribution in [2.24, 2.45) is 0 Å². The average molecular weight is 559 g/mol. The predicted octanol–water partition coefficient (Wildman–Crippen LogP) is 4.72. The van der Waals surface area contributed by atoms with Gasteiger partial charge in [-0.1, -0.05) is 129 Å². The Morgan fingerprint density at radius 2 is 0.906 bits per heavy atom. The Balaban J connectivity index is 0.00000512. The monoisotopic (exact) mass is 558 g/mol. The van der Waals surface area contributed by atoms with Crippen molar-refractivity contribution < 1.29 is 51.4 Å². The van der Waals surface area contributed by atoms with Gasteiger partial charge in [-0.15, -0.1) is 0 Å². The molecule has 1 saturated heterocycles. The van der Waals surface area contributed by atoms with E-state index in [2.05, 4.69) is 111 Å². The molecule has 0 aromatic heterocycles. The Morgan fingerprint density at radius 3 is 1.16 bits per heavy atom. The van der Waals surface area contributed by atoms with Crippen molar-refractivity contribution in [2.75, 3.05) is 0 Å². The molecule has 1 fully saturated rings. The summed E-state index contributed by atoms with van der Waals surface area (Å²) in [7, 11) is -4.92. The van der Waals surface area contributed by atoms with Gasteiger partial charge in [-0.2, -0.15) is 0 Å². The quantitative estimate of drug-likeness (QED) is 0.459. The molecule has 1 aromatic rings. The molecule has 1 aromatic carbocycles. The molecule has 32 heavy (non-hydrogen) atoms. The minimum Gasteiger partial charge on any atom is -0.420 e. The first-order chi connectivity index (χ1) is 13.6. The van der Waals surface area contributed by atoms with Crippen LogP contribution in [0.15, 0.2) is 12.1 Å². The first kappa shape index (κ1) is 32.2. The van der Waals surface area contributed by atoms with Crippen molar-refractivity contribution in [1.29, 1.82) is 0 Å². The molecule has 0 unspecified atom stereocenters. The van der Waals surface area contributed by atoms with E-state index in [9.17, 15) is 0 Å². The average Bonchev–Trinajstić information content (AvgIpc) is 2.86. The zero-order chi connectivity index (χ0) is 24.4. The van der Waals surface area contributed by atoms with Crippen LogP contribution in [-0.2, 0) is 0 Å². The molecule has 1 heterocycles. The Hall–Kier alpha value is 2.16. The number of rotatable bonds is 5. The summed E-state index contributed by atoms with van der Waals surface area (Å²) in [6.45, 7) is 40.3. The van der Waals surface area contributed by atoms with Crippen LogP contribution in [0.5, 0.6) is 0 Å². The molecule has 176 valence electrons. The summed E-state index contributed by atoms with van der Waals surface area (Å²) >= 11 is 0. The summed E-state index contributed by atoms with van der Waals surface area (Å²) in [5, 5.41) is 1.77. The second-order valence-corrected chi connectivity index (χ2v) is 44.5. The van der Waals surface area contributed by atoms with E-state index in [1.165, 1.54) is 5.56 Å². The third kappa shape index (κ3) is 5.24. The van der Waals surface area contributed by atoms with Crippen LogP contribution in [-0.4, -0.2) is 48.8 Å². The number of hydrogen-bond donors (Lipinski definition) is 0. The molecule has 0 bridgehead atoms. The standard InChI is InChI=1S/C25H51Si6.K/c1-20-18-21(2)23(22(3)19-20)26-27-24(28(4,5)6,29(7,8)9)16-17-25(27,30(10,11)12)31(13,14)15;/h18-19H,16-17H2,1-15H3;/q-1;+1. The molecule has 0 saturated carbocycles. The minimum atomic E-state index is -1.36. The fraction of sp³-hybridized carbons (Fsp3) is 0.760. The Morgan fingerprint density at radius 1 is 0.625 bits per heavy atom. The fourth-order valence-electron chi connectivity index (χ4n) is 7.95. The molecule has 0 atom stereocenters. The smallest absolute Gasteiger partial charge is 0.420 e. The third-order valence-corrected chi connectivity index (χ3v) is 51.6. The van der Waals surface area contributed by atoms with Crippen molar-refractivity contribution in [2.45, 2.75) is 121 Å². The SMILES string of the molecule is Cc1cc(C)c([Si-]=[Si]2C([Si](C)(C)C)([Si](C)(C)C)CCC2([Si](C)(C)C)[Si](C)(C)C)c(C)c1.[K+]. The number of hydrogen-bond acceptors (Lipinski definition) is 0. The van der Waals surface area contributed by atoms with Gasteiger partial charge in [0.15, 0.2) is 0 Å². The van der Waals surface area contributed by atoms with Crippen molar-refractivity contribution >= 4 is 54.0 Å². The second-order valence-electron chi connectivity index (χ2n) is 14.6. The summed E-state index contributed by atoms with van der Waals surface area (Å²) < 4.78 is 1.46. The largest absolute Gasteiger partial charge is 1.00 e. The Labute approximate surface area is 251 Å². The molecule has 0 aliphatic carbocycles. The van der Waals surface area contributed by atoms with Crippen molar-refractivity contribution in [3.05, 3.63) is 28.8 Å². The molecule has 0 N–H and O–H groups in total. The van der Waals surface area contributed by atoms with E-state index in [-0.39, 0.29) is 51.4 Å². The molecule has 1 aliphatic heterocycles. The first-order valence-electron chi connectivity index (χ1n) is 12.4. The van der Waals surface area contributed by atoms with Gasteiger partial charge in [0.1, 0.15) is 0 Å². The van der Waals surface area contributed by atoms with E-state index in [1.807, 2.05) is 0 Å². The van der Waals surface area contributed by atoms with Crippen LogP contribution in [0, 0.1) is 20.8 Å². The maximum Gasteiger partial charge on any atom is 1.00 e. The molecule has 2 rings (SSSR count). The second kappa shape index (κ2) is 10.1. The molecule has 0 amide bonds. The molecule has 0 spiro atoms. The van der Waals surface area contributed by atoms with Gasteiger partial charge in [0, 0.05) is 32.3 Å². The van der Waals surface area contributed by atoms with E-state index in [1.54, 1.807) is 29.2 Å². The summed E-state index contributed by atoms with van der Waals surface area (Å²) in [5.41, 5.74) is 4.61.